The molecule has 2 heteroatoms. The number of piperazine rings is 1. The Kier molecular flexibility index (Phi) is 3.60. The summed E-state index contributed by atoms with van der Waals surface area (Å²) in [6, 6.07) is 0. The molecular weight excluding hydrogens is 196 g/mol. The second-order valence-corrected chi connectivity index (χ2v) is 6.89. The quantitative estimate of drug-likeness (QED) is 0.776. The van der Waals surface area contributed by atoms with Crippen molar-refractivity contribution in [2.45, 2.75) is 58.4 Å². The van der Waals surface area contributed by atoms with Crippen LogP contribution in [0, 0.1) is 5.41 Å². The van der Waals surface area contributed by atoms with Crippen molar-refractivity contribution in [3.63, 3.8) is 0 Å². The van der Waals surface area contributed by atoms with E-state index in [4.69, 9.17) is 0 Å². The zero-order chi connectivity index (χ0) is 11.6. The predicted octanol–water partition coefficient (Wildman–Crippen LogP) is 2.64. The average molecular weight is 224 g/mol. The Morgan fingerprint density at radius 2 is 1.75 bits per heavy atom. The van der Waals surface area contributed by atoms with Crippen molar-refractivity contribution in [1.29, 1.82) is 0 Å². The third kappa shape index (κ3) is 3.21. The zero-order valence-electron chi connectivity index (χ0n) is 11.3. The van der Waals surface area contributed by atoms with Gasteiger partial charge in [0.2, 0.25) is 0 Å². The molecule has 2 rings (SSSR count). The van der Waals surface area contributed by atoms with Crippen molar-refractivity contribution in [1.82, 2.24) is 10.2 Å². The highest BCUT2D eigenvalue weighted by Gasteiger charge is 2.32. The van der Waals surface area contributed by atoms with Gasteiger partial charge in [-0.2, -0.15) is 0 Å². The molecule has 0 aromatic carbocycles. The molecule has 94 valence electrons. The van der Waals surface area contributed by atoms with Crippen molar-refractivity contribution < 1.29 is 0 Å². The first kappa shape index (κ1) is 12.4. The summed E-state index contributed by atoms with van der Waals surface area (Å²) < 4.78 is 0. The van der Waals surface area contributed by atoms with Crippen molar-refractivity contribution in [2.75, 3.05) is 26.2 Å². The van der Waals surface area contributed by atoms with E-state index in [0.29, 0.717) is 11.0 Å². The Morgan fingerprint density at radius 3 is 2.38 bits per heavy atom. The van der Waals surface area contributed by atoms with Gasteiger partial charge in [0, 0.05) is 31.7 Å². The van der Waals surface area contributed by atoms with Gasteiger partial charge in [-0.15, -0.1) is 0 Å². The molecule has 0 radical (unpaired) electrons. The van der Waals surface area contributed by atoms with E-state index in [1.807, 2.05) is 0 Å². The molecule has 0 aromatic rings. The lowest BCUT2D eigenvalue weighted by atomic mass is 9.75. The van der Waals surface area contributed by atoms with Crippen molar-refractivity contribution in [2.24, 2.45) is 5.41 Å². The van der Waals surface area contributed by atoms with Crippen LogP contribution in [0.1, 0.15) is 52.9 Å². The topological polar surface area (TPSA) is 15.3 Å². The summed E-state index contributed by atoms with van der Waals surface area (Å²) in [6.07, 6.45) is 7.25. The first-order chi connectivity index (χ1) is 7.49. The maximum atomic E-state index is 3.60. The Labute approximate surface area is 101 Å². The highest BCUT2D eigenvalue weighted by Crippen LogP contribution is 2.36. The largest absolute Gasteiger partial charge is 0.309 e. The summed E-state index contributed by atoms with van der Waals surface area (Å²) in [5.74, 6) is 0. The number of hydrogen-bond acceptors (Lipinski definition) is 2. The summed E-state index contributed by atoms with van der Waals surface area (Å²) in [6.45, 7) is 12.1. The molecule has 2 aliphatic rings. The van der Waals surface area contributed by atoms with Crippen LogP contribution in [0.4, 0.5) is 0 Å². The van der Waals surface area contributed by atoms with E-state index in [1.165, 1.54) is 51.7 Å². The lowest BCUT2D eigenvalue weighted by Crippen LogP contribution is -2.58. The van der Waals surface area contributed by atoms with Crippen LogP contribution in [0.2, 0.25) is 0 Å². The van der Waals surface area contributed by atoms with Gasteiger partial charge in [0.25, 0.3) is 0 Å². The van der Waals surface area contributed by atoms with Crippen molar-refractivity contribution in [3.8, 4) is 0 Å². The molecule has 16 heavy (non-hydrogen) atoms. The molecule has 1 aliphatic carbocycles. The highest BCUT2D eigenvalue weighted by atomic mass is 15.2. The minimum atomic E-state index is 0.309. The summed E-state index contributed by atoms with van der Waals surface area (Å²) in [5, 5.41) is 3.60. The van der Waals surface area contributed by atoms with Gasteiger partial charge >= 0.3 is 0 Å². The maximum Gasteiger partial charge on any atom is 0.0252 e. The fourth-order valence-electron chi connectivity index (χ4n) is 3.48. The average Bonchev–Trinajstić information content (AvgIpc) is 2.16. The van der Waals surface area contributed by atoms with Gasteiger partial charge in [0.1, 0.15) is 0 Å². The van der Waals surface area contributed by atoms with Crippen LogP contribution in [-0.4, -0.2) is 36.6 Å². The summed E-state index contributed by atoms with van der Waals surface area (Å²) in [5.41, 5.74) is 0.912. The van der Waals surface area contributed by atoms with Crippen LogP contribution in [0.3, 0.4) is 0 Å². The van der Waals surface area contributed by atoms with E-state index in [-0.39, 0.29) is 0 Å². The monoisotopic (exact) mass is 224 g/mol. The number of hydrogen-bond donors (Lipinski definition) is 1. The molecular formula is C14H28N2. The maximum absolute atomic E-state index is 3.60. The molecule has 0 atom stereocenters. The predicted molar refractivity (Wildman–Crippen MR) is 69.7 cm³/mol. The molecule has 0 unspecified atom stereocenters. The molecule has 0 bridgehead atoms. The van der Waals surface area contributed by atoms with Gasteiger partial charge in [-0.05, 0) is 32.1 Å². The SMILES string of the molecule is CC1(CN2CCNC(C)(C)C2)CCCCC1. The van der Waals surface area contributed by atoms with Crippen molar-refractivity contribution in [3.05, 3.63) is 0 Å². The molecule has 0 amide bonds. The van der Waals surface area contributed by atoms with E-state index in [9.17, 15) is 0 Å². The van der Waals surface area contributed by atoms with Crippen LogP contribution in [0.25, 0.3) is 0 Å². The van der Waals surface area contributed by atoms with Crippen LogP contribution < -0.4 is 5.32 Å². The molecule has 1 aliphatic heterocycles. The number of nitrogens with one attached hydrogen (secondary N) is 1. The van der Waals surface area contributed by atoms with Crippen LogP contribution >= 0.6 is 0 Å². The Hall–Kier alpha value is -0.0800. The standard InChI is InChI=1S/C14H28N2/c1-13(2)11-16(10-9-15-13)12-14(3)7-5-4-6-8-14/h15H,4-12H2,1-3H3. The summed E-state index contributed by atoms with van der Waals surface area (Å²) in [7, 11) is 0. The third-order valence-corrected chi connectivity index (χ3v) is 4.32. The van der Waals surface area contributed by atoms with E-state index in [1.54, 1.807) is 0 Å². The second kappa shape index (κ2) is 4.66. The van der Waals surface area contributed by atoms with Crippen LogP contribution in [-0.2, 0) is 0 Å². The molecule has 2 fully saturated rings. The van der Waals surface area contributed by atoms with Gasteiger partial charge in [0.15, 0.2) is 0 Å². The molecule has 1 saturated heterocycles. The minimum absolute atomic E-state index is 0.309. The lowest BCUT2D eigenvalue weighted by Gasteiger charge is -2.44. The zero-order valence-corrected chi connectivity index (χ0v) is 11.3. The van der Waals surface area contributed by atoms with E-state index < -0.39 is 0 Å². The lowest BCUT2D eigenvalue weighted by molar-refractivity contribution is 0.0787. The first-order valence-corrected chi connectivity index (χ1v) is 6.97. The van der Waals surface area contributed by atoms with Gasteiger partial charge in [-0.25, -0.2) is 0 Å². The Bertz CT molecular complexity index is 229. The number of nitrogens with zero attached hydrogens (tertiary/aromatic N) is 1. The van der Waals surface area contributed by atoms with Crippen LogP contribution in [0.5, 0.6) is 0 Å². The number of rotatable bonds is 2. The normalized spacial score (nSPS) is 30.2. The minimum Gasteiger partial charge on any atom is -0.309 e. The van der Waals surface area contributed by atoms with E-state index in [0.717, 1.165) is 6.54 Å². The fraction of sp³-hybridized carbons (Fsp3) is 1.00. The summed E-state index contributed by atoms with van der Waals surface area (Å²) in [4.78, 5) is 2.68. The van der Waals surface area contributed by atoms with Gasteiger partial charge in [-0.1, -0.05) is 26.2 Å². The second-order valence-electron chi connectivity index (χ2n) is 6.89. The molecule has 0 aromatic heterocycles. The Morgan fingerprint density at radius 1 is 1.06 bits per heavy atom. The highest BCUT2D eigenvalue weighted by molar-refractivity contribution is 4.90. The molecule has 1 heterocycles. The third-order valence-electron chi connectivity index (χ3n) is 4.32. The summed E-state index contributed by atoms with van der Waals surface area (Å²) >= 11 is 0. The van der Waals surface area contributed by atoms with Gasteiger partial charge < -0.3 is 5.32 Å². The molecule has 2 nitrogen and oxygen atoms in total. The van der Waals surface area contributed by atoms with Gasteiger partial charge in [-0.3, -0.25) is 4.90 Å². The van der Waals surface area contributed by atoms with Crippen molar-refractivity contribution >= 4 is 0 Å². The smallest absolute Gasteiger partial charge is 0.0252 e. The first-order valence-electron chi connectivity index (χ1n) is 6.97. The molecule has 0 spiro atoms. The van der Waals surface area contributed by atoms with E-state index in [2.05, 4.69) is 31.0 Å². The van der Waals surface area contributed by atoms with Crippen LogP contribution in [0.15, 0.2) is 0 Å². The molecule has 1 N–H and O–H groups in total. The fourth-order valence-corrected chi connectivity index (χ4v) is 3.48. The molecule has 1 saturated carbocycles. The van der Waals surface area contributed by atoms with E-state index >= 15 is 0 Å². The van der Waals surface area contributed by atoms with Gasteiger partial charge in [0.05, 0.1) is 0 Å². The Balaban J connectivity index is 1.88.